The number of rotatable bonds is 46. The molecule has 0 aromatic carbocycles. The molecule has 0 radical (unpaired) electrons. The van der Waals surface area contributed by atoms with Crippen LogP contribution in [0.2, 0.25) is 0 Å². The number of Topliss-reactive ketones (excluding diaryl/α,β-unsaturated/α-hetero) is 5. The smallest absolute Gasteiger partial charge is 0.329 e. The molecular formula is C97H156N2O25. The number of methoxy groups -OCH3 is 6. The van der Waals surface area contributed by atoms with Crippen molar-refractivity contribution in [1.82, 2.24) is 9.80 Å². The number of ether oxygens (including phenoxy) is 9. The average molecular weight is 1750 g/mol. The zero-order valence-electron chi connectivity index (χ0n) is 78.1. The monoisotopic (exact) mass is 1750 g/mol. The Morgan fingerprint density at radius 1 is 0.613 bits per heavy atom. The SMILES string of the molecule is C=CC[C@H](/C=C(\C)C[C@H](C)CC(OC)C1OC(O)[C@H](C)CC1OC)C(=O)CC(O)[C@@H](C)C(OC(=O)[C@@H]1CCCCN1C(=O)C(C)=O)/C(C)=C/C1CCC(O)C(OC)C1.COC(CC1CC[C@@H](C)C(O)(C(=O)C(=O)N2CCCC[C@H]2C(=O)O)O1)/C(C)=C/C=C/C=C/[C@@H](C)C[C@@H](C)C(=O)C(OC)C(O)/C(C)=C/[C@@H](C)C(=O)C[C@H](C)[C@H](C)CC1CCC(O)C(OC)C1. The Morgan fingerprint density at radius 3 is 1.83 bits per heavy atom. The maximum Gasteiger partial charge on any atom is 0.329 e. The first-order valence-electron chi connectivity index (χ1n) is 45.5. The lowest BCUT2D eigenvalue weighted by molar-refractivity contribution is -0.265. The highest BCUT2D eigenvalue weighted by Crippen LogP contribution is 2.40. The number of allylic oxidation sites excluding steroid dienone is 10. The van der Waals surface area contributed by atoms with E-state index in [2.05, 4.69) is 27.4 Å². The Hall–Kier alpha value is -6.15. The molecule has 6 fully saturated rings. The highest BCUT2D eigenvalue weighted by atomic mass is 16.6. The van der Waals surface area contributed by atoms with E-state index in [9.17, 15) is 78.9 Å². The fourth-order valence-corrected chi connectivity index (χ4v) is 19.0. The van der Waals surface area contributed by atoms with Crippen molar-refractivity contribution in [2.24, 2.45) is 71.0 Å². The highest BCUT2D eigenvalue weighted by Gasteiger charge is 2.53. The van der Waals surface area contributed by atoms with E-state index in [4.69, 9.17) is 42.6 Å². The van der Waals surface area contributed by atoms with Crippen LogP contribution in [0.5, 0.6) is 0 Å². The highest BCUT2D eigenvalue weighted by molar-refractivity contribution is 6.39. The van der Waals surface area contributed by atoms with E-state index >= 15 is 0 Å². The van der Waals surface area contributed by atoms with Crippen molar-refractivity contribution in [2.45, 2.75) is 348 Å². The molecule has 7 N–H and O–H groups in total. The van der Waals surface area contributed by atoms with Gasteiger partial charge in [0.1, 0.15) is 48.1 Å². The van der Waals surface area contributed by atoms with E-state index < -0.39 is 144 Å². The van der Waals surface area contributed by atoms with Gasteiger partial charge in [0.05, 0.1) is 54.9 Å². The van der Waals surface area contributed by atoms with Crippen molar-refractivity contribution in [1.29, 1.82) is 0 Å². The third-order valence-electron chi connectivity index (χ3n) is 27.2. The zero-order chi connectivity index (χ0) is 92.7. The van der Waals surface area contributed by atoms with Crippen LogP contribution in [0, 0.1) is 71.0 Å². The van der Waals surface area contributed by atoms with E-state index in [1.807, 2.05) is 91.0 Å². The molecule has 0 bridgehead atoms. The van der Waals surface area contributed by atoms with Gasteiger partial charge in [0.2, 0.25) is 11.6 Å². The summed E-state index contributed by atoms with van der Waals surface area (Å²) < 4.78 is 51.9. The topological polar surface area (TPSA) is 385 Å². The van der Waals surface area contributed by atoms with E-state index in [1.165, 1.54) is 18.9 Å². The summed E-state index contributed by atoms with van der Waals surface area (Å²) in [6.45, 7) is 30.3. The maximum atomic E-state index is 13.9. The number of amides is 2. The van der Waals surface area contributed by atoms with Crippen LogP contribution in [-0.2, 0) is 85.8 Å². The molecule has 4 heterocycles. The molecule has 2 saturated carbocycles. The quantitative estimate of drug-likeness (QED) is 0.0129. The number of piperidine rings is 2. The minimum atomic E-state index is -2.38. The fraction of sp³-hybridized carbons (Fsp3) is 0.763. The average Bonchev–Trinajstić information content (AvgIpc) is 0.770. The zero-order valence-corrected chi connectivity index (χ0v) is 78.1. The molecule has 124 heavy (non-hydrogen) atoms. The Bertz CT molecular complexity index is 3620. The van der Waals surface area contributed by atoms with Gasteiger partial charge in [-0.1, -0.05) is 123 Å². The molecule has 2 aliphatic carbocycles. The summed E-state index contributed by atoms with van der Waals surface area (Å²) in [6, 6.07) is -2.05. The van der Waals surface area contributed by atoms with Crippen LogP contribution in [0.3, 0.4) is 0 Å². The molecule has 2 amide bonds. The number of likely N-dealkylation sites (tertiary alicyclic amines) is 2. The normalized spacial score (nSPS) is 29.9. The van der Waals surface area contributed by atoms with E-state index in [0.717, 1.165) is 41.7 Å². The number of hydrogen-bond donors (Lipinski definition) is 7. The van der Waals surface area contributed by atoms with Crippen LogP contribution in [0.1, 0.15) is 245 Å². The third kappa shape index (κ3) is 31.9. The lowest BCUT2D eigenvalue weighted by atomic mass is 9.76. The van der Waals surface area contributed by atoms with Gasteiger partial charge in [-0.15, -0.1) is 6.58 Å². The van der Waals surface area contributed by atoms with Gasteiger partial charge in [-0.25, -0.2) is 9.59 Å². The van der Waals surface area contributed by atoms with Gasteiger partial charge in [-0.3, -0.25) is 33.6 Å². The van der Waals surface area contributed by atoms with Crippen molar-refractivity contribution in [2.75, 3.05) is 55.7 Å². The molecule has 17 unspecified atom stereocenters. The first-order valence-corrected chi connectivity index (χ1v) is 45.5. The number of carboxylic acid groups (broad SMARTS) is 1. The van der Waals surface area contributed by atoms with Crippen molar-refractivity contribution in [3.63, 3.8) is 0 Å². The van der Waals surface area contributed by atoms with Gasteiger partial charge in [-0.05, 0) is 208 Å². The first kappa shape index (κ1) is 108. The molecule has 6 rings (SSSR count). The molecular weight excluding hydrogens is 1590 g/mol. The van der Waals surface area contributed by atoms with Gasteiger partial charge in [0.25, 0.3) is 17.6 Å². The summed E-state index contributed by atoms with van der Waals surface area (Å²) in [7, 11) is 9.45. The fourth-order valence-electron chi connectivity index (χ4n) is 19.0. The number of aliphatic hydroxyl groups excluding tert-OH is 5. The standard InChI is InChI=1S/C52H83NO13.C45H73NO12/c1-31(25-36(6)46(56)48(65-11)47(57)37(7)26-35(5)43(55)28-34(4)33(3)27-39-21-23-42(54)45(29-39)64-10)17-13-12-14-18-32(2)44(63-9)30-40-22-20-38(8)52(62,66-40)49(58)50(59)53-24-16-15-19-41(53)51(60)61;1-11-14-33(20-26(2)19-27(3)21-39(55-9)42-40(56-10)23-29(5)44(52)58-42)37(50)25-36(49)30(6)41(28(4)22-32-16-17-35(48)38(24-32)54-8)57-45(53)34-15-12-13-18-46(34)43(51)31(7)47/h12-14,17-18,26,31,33-36,38-42,44-45,47-48,54,57,62H,15-16,19-25,27-30H2,1-11H3,(H,60,61);11,20,22,27,29-30,32-36,38-42,44,48-49,52H,1,12-19,21,23-25H2,2-10H3/b14-12+,17-13+,32-18+,37-26+;26-20+,28-22+/t31-,33-,34+,35-,36-,38-,39?,40?,41+,42?,44?,45?,47?,48?,52?;27-,29+,30+,32?,33+,34-,35?,36?,38?,39?,40?,41?,42?,44?/m10/s1. The lowest BCUT2D eigenvalue weighted by Gasteiger charge is -2.42. The van der Waals surface area contributed by atoms with Crippen LogP contribution < -0.4 is 0 Å². The first-order chi connectivity index (χ1) is 58.5. The molecule has 0 spiro atoms. The number of carbonyl (C=O) groups is 9. The number of aliphatic hydroxyl groups is 6. The van der Waals surface area contributed by atoms with Crippen LogP contribution in [0.25, 0.3) is 0 Å². The molecule has 0 aromatic heterocycles. The van der Waals surface area contributed by atoms with Crippen LogP contribution in [-0.4, -0.2) is 257 Å². The lowest BCUT2D eigenvalue weighted by Crippen LogP contribution is -2.60. The van der Waals surface area contributed by atoms with Crippen molar-refractivity contribution in [3.05, 3.63) is 83.6 Å². The second kappa shape index (κ2) is 53.1. The van der Waals surface area contributed by atoms with E-state index in [0.29, 0.717) is 132 Å². The van der Waals surface area contributed by atoms with Gasteiger partial charge in [0.15, 0.2) is 12.1 Å². The van der Waals surface area contributed by atoms with Crippen LogP contribution >= 0.6 is 0 Å². The largest absolute Gasteiger partial charge is 0.480 e. The number of aliphatic carboxylic acids is 1. The Kier molecular flexibility index (Phi) is 46.4. The number of carboxylic acids is 1. The Labute approximate surface area is 738 Å². The number of carbonyl (C=O) groups excluding carboxylic acids is 8. The molecule has 27 nitrogen and oxygen atoms in total. The second-order valence-electron chi connectivity index (χ2n) is 37.2. The number of hydrogen-bond acceptors (Lipinski definition) is 24. The van der Waals surface area contributed by atoms with E-state index in [1.54, 1.807) is 68.5 Å². The van der Waals surface area contributed by atoms with Crippen LogP contribution in [0.4, 0.5) is 0 Å². The molecule has 4 saturated heterocycles. The number of esters is 1. The predicted molar refractivity (Wildman–Crippen MR) is 471 cm³/mol. The molecule has 704 valence electrons. The van der Waals surface area contributed by atoms with Crippen molar-refractivity contribution < 1.29 is 122 Å². The number of ketones is 5. The Balaban J connectivity index is 0.000000444. The molecule has 6 aliphatic rings. The van der Waals surface area contributed by atoms with Gasteiger partial charge in [0, 0.05) is 117 Å². The summed E-state index contributed by atoms with van der Waals surface area (Å²) in [5, 5.41) is 75.0. The second-order valence-corrected chi connectivity index (χ2v) is 37.2. The molecule has 29 atom stereocenters. The van der Waals surface area contributed by atoms with Crippen molar-refractivity contribution in [3.8, 4) is 0 Å². The maximum absolute atomic E-state index is 13.9. The summed E-state index contributed by atoms with van der Waals surface area (Å²) in [6.07, 6.45) is 21.0. The molecule has 4 aliphatic heterocycles. The van der Waals surface area contributed by atoms with E-state index in [-0.39, 0.29) is 97.3 Å². The predicted octanol–water partition coefficient (Wildman–Crippen LogP) is 12.3. The Morgan fingerprint density at radius 2 is 1.23 bits per heavy atom. The van der Waals surface area contributed by atoms with Gasteiger partial charge in [-0.2, -0.15) is 0 Å². The number of nitrogens with zero attached hydrogens (tertiary/aromatic N) is 2. The summed E-state index contributed by atoms with van der Waals surface area (Å²) in [4.78, 5) is 120. The molecule has 0 aromatic rings. The minimum absolute atomic E-state index is 0.0181. The van der Waals surface area contributed by atoms with Crippen LogP contribution in [0.15, 0.2) is 83.6 Å². The summed E-state index contributed by atoms with van der Waals surface area (Å²) in [5.41, 5.74) is 3.07. The van der Waals surface area contributed by atoms with Gasteiger partial charge >= 0.3 is 11.9 Å². The summed E-state index contributed by atoms with van der Waals surface area (Å²) >= 11 is 0. The summed E-state index contributed by atoms with van der Waals surface area (Å²) in [5.74, 6) is -9.78. The molecule has 27 heteroatoms. The third-order valence-corrected chi connectivity index (χ3v) is 27.2. The van der Waals surface area contributed by atoms with Crippen molar-refractivity contribution >= 4 is 52.7 Å². The van der Waals surface area contributed by atoms with Gasteiger partial charge < -0.3 is 88.2 Å². The minimum Gasteiger partial charge on any atom is -0.480 e.